The van der Waals surface area contributed by atoms with Gasteiger partial charge in [0.25, 0.3) is 0 Å². The van der Waals surface area contributed by atoms with Crippen molar-refractivity contribution in [3.63, 3.8) is 0 Å². The lowest BCUT2D eigenvalue weighted by molar-refractivity contribution is -0.127. The number of carbonyl (C=O) groups is 2. The molecule has 2 fully saturated rings. The molecule has 0 aliphatic heterocycles. The van der Waals surface area contributed by atoms with Crippen LogP contribution in [0.5, 0.6) is 0 Å². The number of hydrogen-bond acceptors (Lipinski definition) is 3. The Labute approximate surface area is 114 Å². The highest BCUT2D eigenvalue weighted by Crippen LogP contribution is 2.47. The van der Waals surface area contributed by atoms with Crippen molar-refractivity contribution < 1.29 is 9.59 Å². The van der Waals surface area contributed by atoms with Gasteiger partial charge in [-0.3, -0.25) is 9.59 Å². The van der Waals surface area contributed by atoms with Crippen LogP contribution in [0.4, 0.5) is 0 Å². The number of amides is 2. The number of hydrogen-bond donors (Lipinski definition) is 3. The van der Waals surface area contributed by atoms with Crippen LogP contribution in [0.25, 0.3) is 0 Å². The minimum absolute atomic E-state index is 0.0143. The number of carbonyl (C=O) groups excluding carboxylic acids is 2. The molecule has 108 valence electrons. The summed E-state index contributed by atoms with van der Waals surface area (Å²) in [4.78, 5) is 23.5. The molecule has 0 spiro atoms. The Bertz CT molecular complexity index is 355. The SMILES string of the molecule is CC(C)C(=O)NCCNC(=O)C1C2CCC(C2)C1N. The predicted molar refractivity (Wildman–Crippen MR) is 73.2 cm³/mol. The first-order chi connectivity index (χ1) is 9.00. The third kappa shape index (κ3) is 3.08. The molecule has 2 bridgehead atoms. The first-order valence-electron chi connectivity index (χ1n) is 7.31. The number of rotatable bonds is 5. The van der Waals surface area contributed by atoms with Crippen LogP contribution in [0.1, 0.15) is 33.1 Å². The van der Waals surface area contributed by atoms with Crippen LogP contribution >= 0.6 is 0 Å². The van der Waals surface area contributed by atoms with E-state index in [1.165, 1.54) is 6.42 Å². The van der Waals surface area contributed by atoms with Gasteiger partial charge in [0.2, 0.25) is 11.8 Å². The minimum Gasteiger partial charge on any atom is -0.354 e. The molecule has 0 radical (unpaired) electrons. The van der Waals surface area contributed by atoms with Crippen molar-refractivity contribution in [2.45, 2.75) is 39.2 Å². The molecule has 2 aliphatic carbocycles. The van der Waals surface area contributed by atoms with Crippen molar-refractivity contribution in [1.82, 2.24) is 10.6 Å². The molecule has 0 aromatic rings. The van der Waals surface area contributed by atoms with E-state index in [1.807, 2.05) is 13.8 Å². The van der Waals surface area contributed by atoms with Gasteiger partial charge in [0.05, 0.1) is 5.92 Å². The summed E-state index contributed by atoms with van der Waals surface area (Å²) in [6.07, 6.45) is 3.43. The standard InChI is InChI=1S/C14H25N3O2/c1-8(2)13(18)16-5-6-17-14(19)11-9-3-4-10(7-9)12(11)15/h8-12H,3-7,15H2,1-2H3,(H,16,18)(H,17,19). The van der Waals surface area contributed by atoms with Gasteiger partial charge < -0.3 is 16.4 Å². The lowest BCUT2D eigenvalue weighted by Gasteiger charge is -2.27. The molecule has 5 heteroatoms. The summed E-state index contributed by atoms with van der Waals surface area (Å²) in [5, 5.41) is 5.69. The van der Waals surface area contributed by atoms with Crippen LogP contribution in [0, 0.1) is 23.7 Å². The fourth-order valence-electron chi connectivity index (χ4n) is 3.42. The molecule has 2 saturated carbocycles. The molecule has 19 heavy (non-hydrogen) atoms. The smallest absolute Gasteiger partial charge is 0.225 e. The van der Waals surface area contributed by atoms with E-state index >= 15 is 0 Å². The molecule has 4 unspecified atom stereocenters. The molecule has 2 amide bonds. The third-order valence-corrected chi connectivity index (χ3v) is 4.53. The maximum atomic E-state index is 12.1. The monoisotopic (exact) mass is 267 g/mol. The summed E-state index contributed by atoms with van der Waals surface area (Å²) >= 11 is 0. The second kappa shape index (κ2) is 5.90. The van der Waals surface area contributed by atoms with E-state index in [0.717, 1.165) is 12.8 Å². The second-order valence-electron chi connectivity index (χ2n) is 6.17. The van der Waals surface area contributed by atoms with E-state index in [9.17, 15) is 9.59 Å². The lowest BCUT2D eigenvalue weighted by Crippen LogP contribution is -2.46. The normalized spacial score (nSPS) is 32.6. The van der Waals surface area contributed by atoms with Gasteiger partial charge in [0.15, 0.2) is 0 Å². The summed E-state index contributed by atoms with van der Waals surface area (Å²) in [7, 11) is 0. The van der Waals surface area contributed by atoms with Crippen LogP contribution in [-0.2, 0) is 9.59 Å². The van der Waals surface area contributed by atoms with Gasteiger partial charge in [-0.05, 0) is 31.1 Å². The minimum atomic E-state index is -0.0188. The number of nitrogens with two attached hydrogens (primary N) is 1. The van der Waals surface area contributed by atoms with Gasteiger partial charge in [-0.2, -0.15) is 0 Å². The van der Waals surface area contributed by atoms with Gasteiger partial charge in [-0.15, -0.1) is 0 Å². The Morgan fingerprint density at radius 3 is 2.37 bits per heavy atom. The first kappa shape index (κ1) is 14.3. The van der Waals surface area contributed by atoms with E-state index in [-0.39, 0.29) is 29.7 Å². The highest BCUT2D eigenvalue weighted by Gasteiger charge is 2.48. The second-order valence-corrected chi connectivity index (χ2v) is 6.17. The van der Waals surface area contributed by atoms with E-state index in [2.05, 4.69) is 10.6 Å². The molecule has 2 aliphatic rings. The molecule has 4 atom stereocenters. The summed E-state index contributed by atoms with van der Waals surface area (Å²) < 4.78 is 0. The van der Waals surface area contributed by atoms with Crippen molar-refractivity contribution in [1.29, 1.82) is 0 Å². The van der Waals surface area contributed by atoms with E-state index in [4.69, 9.17) is 5.73 Å². The van der Waals surface area contributed by atoms with Crippen LogP contribution in [0.3, 0.4) is 0 Å². The van der Waals surface area contributed by atoms with Gasteiger partial charge in [0.1, 0.15) is 0 Å². The Morgan fingerprint density at radius 2 is 1.79 bits per heavy atom. The molecular formula is C14H25N3O2. The summed E-state index contributed by atoms with van der Waals surface area (Å²) in [6.45, 7) is 4.67. The average Bonchev–Trinajstić information content (AvgIpc) is 2.94. The molecular weight excluding hydrogens is 242 g/mol. The summed E-state index contributed by atoms with van der Waals surface area (Å²) in [5.41, 5.74) is 6.13. The van der Waals surface area contributed by atoms with Crippen molar-refractivity contribution in [3.05, 3.63) is 0 Å². The van der Waals surface area contributed by atoms with Gasteiger partial charge in [0, 0.05) is 25.0 Å². The molecule has 4 N–H and O–H groups in total. The average molecular weight is 267 g/mol. The van der Waals surface area contributed by atoms with Gasteiger partial charge in [-0.1, -0.05) is 13.8 Å². The van der Waals surface area contributed by atoms with Gasteiger partial charge in [-0.25, -0.2) is 0 Å². The third-order valence-electron chi connectivity index (χ3n) is 4.53. The summed E-state index contributed by atoms with van der Waals surface area (Å²) in [5.74, 6) is 1.07. The quantitative estimate of drug-likeness (QED) is 0.624. The van der Waals surface area contributed by atoms with Crippen LogP contribution < -0.4 is 16.4 Å². The van der Waals surface area contributed by atoms with Crippen molar-refractivity contribution in [3.8, 4) is 0 Å². The number of nitrogens with one attached hydrogen (secondary N) is 2. The molecule has 0 aromatic carbocycles. The van der Waals surface area contributed by atoms with E-state index < -0.39 is 0 Å². The predicted octanol–water partition coefficient (Wildman–Crippen LogP) is 0.248. The molecule has 0 aromatic heterocycles. The highest BCUT2D eigenvalue weighted by molar-refractivity contribution is 5.80. The van der Waals surface area contributed by atoms with Crippen LogP contribution in [0.2, 0.25) is 0 Å². The first-order valence-corrected chi connectivity index (χ1v) is 7.31. The molecule has 0 saturated heterocycles. The Kier molecular flexibility index (Phi) is 4.45. The Morgan fingerprint density at radius 1 is 1.16 bits per heavy atom. The van der Waals surface area contributed by atoms with Crippen LogP contribution in [-0.4, -0.2) is 30.9 Å². The molecule has 0 heterocycles. The largest absolute Gasteiger partial charge is 0.354 e. The highest BCUT2D eigenvalue weighted by atomic mass is 16.2. The van der Waals surface area contributed by atoms with Crippen molar-refractivity contribution in [2.24, 2.45) is 29.4 Å². The fraction of sp³-hybridized carbons (Fsp3) is 0.857. The van der Waals surface area contributed by atoms with Crippen molar-refractivity contribution >= 4 is 11.8 Å². The fourth-order valence-corrected chi connectivity index (χ4v) is 3.42. The topological polar surface area (TPSA) is 84.2 Å². The maximum Gasteiger partial charge on any atom is 0.225 e. The van der Waals surface area contributed by atoms with Crippen LogP contribution in [0.15, 0.2) is 0 Å². The zero-order valence-corrected chi connectivity index (χ0v) is 11.8. The zero-order valence-electron chi connectivity index (χ0n) is 11.8. The molecule has 2 rings (SSSR count). The Balaban J connectivity index is 1.69. The maximum absolute atomic E-state index is 12.1. The summed E-state index contributed by atoms with van der Waals surface area (Å²) in [6, 6.07) is 0.0315. The molecule has 5 nitrogen and oxygen atoms in total. The lowest BCUT2D eigenvalue weighted by atomic mass is 9.84. The Hall–Kier alpha value is -1.10. The van der Waals surface area contributed by atoms with Gasteiger partial charge >= 0.3 is 0 Å². The number of fused-ring (bicyclic) bond motifs is 2. The van der Waals surface area contributed by atoms with E-state index in [1.54, 1.807) is 0 Å². The zero-order chi connectivity index (χ0) is 14.0. The van der Waals surface area contributed by atoms with E-state index in [0.29, 0.717) is 24.9 Å². The van der Waals surface area contributed by atoms with Crippen molar-refractivity contribution in [2.75, 3.05) is 13.1 Å².